The summed E-state index contributed by atoms with van der Waals surface area (Å²) in [4.78, 5) is 0. The predicted molar refractivity (Wildman–Crippen MR) is 130 cm³/mol. The van der Waals surface area contributed by atoms with Gasteiger partial charge in [-0.15, -0.1) is 0 Å². The number of hydrogen-bond donors (Lipinski definition) is 2. The maximum Gasteiger partial charge on any atom is 0.0925 e. The summed E-state index contributed by atoms with van der Waals surface area (Å²) in [7, 11) is 0. The third kappa shape index (κ3) is 4.60. The summed E-state index contributed by atoms with van der Waals surface area (Å²) < 4.78 is 0. The number of benzene rings is 2. The Morgan fingerprint density at radius 1 is 0.903 bits per heavy atom. The summed E-state index contributed by atoms with van der Waals surface area (Å²) >= 11 is 0. The van der Waals surface area contributed by atoms with Gasteiger partial charge < -0.3 is 10.2 Å². The van der Waals surface area contributed by atoms with Crippen molar-refractivity contribution >= 4 is 0 Å². The lowest BCUT2D eigenvalue weighted by atomic mass is 9.66. The van der Waals surface area contributed by atoms with Gasteiger partial charge in [0, 0.05) is 23.9 Å². The van der Waals surface area contributed by atoms with E-state index in [2.05, 4.69) is 75.9 Å². The van der Waals surface area contributed by atoms with E-state index in [1.807, 2.05) is 18.2 Å². The molecule has 2 nitrogen and oxygen atoms in total. The Morgan fingerprint density at radius 3 is 2.06 bits per heavy atom. The van der Waals surface area contributed by atoms with E-state index >= 15 is 0 Å². The van der Waals surface area contributed by atoms with Gasteiger partial charge in [0.15, 0.2) is 0 Å². The van der Waals surface area contributed by atoms with Crippen LogP contribution in [0.5, 0.6) is 0 Å². The van der Waals surface area contributed by atoms with Crippen molar-refractivity contribution < 1.29 is 10.2 Å². The molecule has 0 spiro atoms. The highest BCUT2D eigenvalue weighted by atomic mass is 16.3. The van der Waals surface area contributed by atoms with E-state index in [1.165, 1.54) is 22.3 Å². The van der Waals surface area contributed by atoms with Gasteiger partial charge in [-0.05, 0) is 42.5 Å². The molecule has 2 aromatic carbocycles. The van der Waals surface area contributed by atoms with Crippen molar-refractivity contribution in [2.75, 3.05) is 6.61 Å². The lowest BCUT2D eigenvalue weighted by molar-refractivity contribution is 0.293. The third-order valence-corrected chi connectivity index (χ3v) is 6.79. The van der Waals surface area contributed by atoms with Gasteiger partial charge in [-0.2, -0.15) is 0 Å². The highest BCUT2D eigenvalue weighted by Gasteiger charge is 2.35. The molecule has 0 amide bonds. The number of allylic oxidation sites excluding steroid dienone is 6. The van der Waals surface area contributed by atoms with Crippen LogP contribution in [0, 0.1) is 0 Å². The van der Waals surface area contributed by atoms with Crippen molar-refractivity contribution in [1.82, 2.24) is 0 Å². The Balaban J connectivity index is 2.08. The van der Waals surface area contributed by atoms with E-state index in [-0.39, 0.29) is 17.4 Å². The lowest BCUT2D eigenvalue weighted by Gasteiger charge is -2.37. The summed E-state index contributed by atoms with van der Waals surface area (Å²) in [6.07, 6.45) is 9.66. The third-order valence-electron chi connectivity index (χ3n) is 6.79. The van der Waals surface area contributed by atoms with Crippen molar-refractivity contribution in [3.8, 4) is 0 Å². The van der Waals surface area contributed by atoms with Crippen molar-refractivity contribution in [2.45, 2.75) is 50.9 Å². The molecule has 0 aromatic heterocycles. The van der Waals surface area contributed by atoms with Crippen LogP contribution in [0.2, 0.25) is 0 Å². The van der Waals surface area contributed by atoms with Crippen LogP contribution < -0.4 is 0 Å². The van der Waals surface area contributed by atoms with Gasteiger partial charge in [0.05, 0.1) is 5.76 Å². The van der Waals surface area contributed by atoms with Gasteiger partial charge in [0.25, 0.3) is 0 Å². The molecular formula is C29H34O2. The molecule has 3 rings (SSSR count). The first kappa shape index (κ1) is 22.8. The van der Waals surface area contributed by atoms with Gasteiger partial charge in [-0.1, -0.05) is 104 Å². The monoisotopic (exact) mass is 414 g/mol. The minimum absolute atomic E-state index is 0.0861. The Hall–Kier alpha value is -2.84. The molecule has 1 aliphatic carbocycles. The molecule has 162 valence electrons. The summed E-state index contributed by atoms with van der Waals surface area (Å²) in [5.41, 5.74) is 5.62. The standard InChI is InChI=1S/C29H34O2/c1-5-9-24(20-21-30)29(4,26-16-18-27(31)19-17-26)25-14-12-23(13-15-25)28(2,3)22-10-7-6-8-11-22/h5-16,18,30-31H,1,17,19-21H2,2-4H3/b24-9+. The smallest absolute Gasteiger partial charge is 0.0925 e. The van der Waals surface area contributed by atoms with E-state index in [0.717, 1.165) is 12.0 Å². The molecule has 0 saturated heterocycles. The molecule has 1 aliphatic rings. The largest absolute Gasteiger partial charge is 0.512 e. The first-order chi connectivity index (χ1) is 14.8. The topological polar surface area (TPSA) is 40.5 Å². The fourth-order valence-corrected chi connectivity index (χ4v) is 4.62. The van der Waals surface area contributed by atoms with E-state index in [0.29, 0.717) is 18.6 Å². The van der Waals surface area contributed by atoms with Crippen LogP contribution in [-0.4, -0.2) is 16.8 Å². The van der Waals surface area contributed by atoms with Gasteiger partial charge in [0.1, 0.15) is 0 Å². The molecular weight excluding hydrogens is 380 g/mol. The van der Waals surface area contributed by atoms with Crippen LogP contribution in [0.15, 0.2) is 102 Å². The van der Waals surface area contributed by atoms with Crippen LogP contribution in [-0.2, 0) is 10.8 Å². The minimum Gasteiger partial charge on any atom is -0.512 e. The quantitative estimate of drug-likeness (QED) is 0.460. The van der Waals surface area contributed by atoms with Crippen molar-refractivity contribution in [3.63, 3.8) is 0 Å². The highest BCUT2D eigenvalue weighted by molar-refractivity contribution is 5.50. The lowest BCUT2D eigenvalue weighted by Crippen LogP contribution is -2.29. The van der Waals surface area contributed by atoms with E-state index in [1.54, 1.807) is 12.2 Å². The molecule has 0 heterocycles. The molecule has 0 bridgehead atoms. The first-order valence-corrected chi connectivity index (χ1v) is 11.0. The maximum atomic E-state index is 9.89. The summed E-state index contributed by atoms with van der Waals surface area (Å²) in [5.74, 6) is 0.419. The zero-order valence-electron chi connectivity index (χ0n) is 18.9. The maximum absolute atomic E-state index is 9.89. The number of hydrogen-bond acceptors (Lipinski definition) is 2. The molecule has 0 fully saturated rings. The molecule has 31 heavy (non-hydrogen) atoms. The predicted octanol–water partition coefficient (Wildman–Crippen LogP) is 6.93. The van der Waals surface area contributed by atoms with E-state index < -0.39 is 0 Å². The molecule has 0 saturated carbocycles. The van der Waals surface area contributed by atoms with Crippen molar-refractivity contribution in [3.05, 3.63) is 119 Å². The zero-order valence-corrected chi connectivity index (χ0v) is 18.9. The van der Waals surface area contributed by atoms with E-state index in [4.69, 9.17) is 0 Å². The molecule has 1 atom stereocenters. The molecule has 2 heteroatoms. The second-order valence-electron chi connectivity index (χ2n) is 8.94. The van der Waals surface area contributed by atoms with Gasteiger partial charge in [-0.3, -0.25) is 0 Å². The van der Waals surface area contributed by atoms with Crippen LogP contribution in [0.25, 0.3) is 0 Å². The number of aliphatic hydroxyl groups excluding tert-OH is 2. The Bertz CT molecular complexity index is 985. The zero-order chi connectivity index (χ0) is 22.5. The molecule has 2 N–H and O–H groups in total. The highest BCUT2D eigenvalue weighted by Crippen LogP contribution is 2.44. The molecule has 0 radical (unpaired) electrons. The molecule has 1 unspecified atom stereocenters. The van der Waals surface area contributed by atoms with Gasteiger partial charge in [0.2, 0.25) is 0 Å². The Labute approximate surface area is 187 Å². The van der Waals surface area contributed by atoms with Gasteiger partial charge >= 0.3 is 0 Å². The fraction of sp³-hybridized carbons (Fsp3) is 0.310. The number of aliphatic hydroxyl groups is 2. The second kappa shape index (κ2) is 9.53. The first-order valence-electron chi connectivity index (χ1n) is 11.0. The summed E-state index contributed by atoms with van der Waals surface area (Å²) in [6, 6.07) is 19.5. The van der Waals surface area contributed by atoms with Crippen LogP contribution in [0.4, 0.5) is 0 Å². The van der Waals surface area contributed by atoms with Crippen LogP contribution in [0.1, 0.15) is 56.7 Å². The average molecular weight is 415 g/mol. The second-order valence-corrected chi connectivity index (χ2v) is 8.94. The van der Waals surface area contributed by atoms with Crippen molar-refractivity contribution in [1.29, 1.82) is 0 Å². The van der Waals surface area contributed by atoms with Crippen LogP contribution >= 0.6 is 0 Å². The van der Waals surface area contributed by atoms with Crippen LogP contribution in [0.3, 0.4) is 0 Å². The fourth-order valence-electron chi connectivity index (χ4n) is 4.62. The van der Waals surface area contributed by atoms with Gasteiger partial charge in [-0.25, -0.2) is 0 Å². The Kier molecular flexibility index (Phi) is 7.02. The summed E-state index contributed by atoms with van der Waals surface area (Å²) in [6.45, 7) is 10.7. The molecule has 0 aliphatic heterocycles. The Morgan fingerprint density at radius 2 is 1.52 bits per heavy atom. The average Bonchev–Trinajstić information content (AvgIpc) is 2.79. The summed E-state index contributed by atoms with van der Waals surface area (Å²) in [5, 5.41) is 19.6. The minimum atomic E-state index is -0.371. The number of rotatable bonds is 8. The van der Waals surface area contributed by atoms with Crippen molar-refractivity contribution in [2.24, 2.45) is 0 Å². The normalized spacial score (nSPS) is 16.8. The SMILES string of the molecule is C=C/C=C(\CCO)C(C)(C1=CC=C(O)CC1)c1ccc(C(C)(C)c2ccccc2)cc1. The molecule has 2 aromatic rings. The van der Waals surface area contributed by atoms with E-state index in [9.17, 15) is 10.2 Å².